The molecular weight excluding hydrogens is 264 g/mol. The van der Waals surface area contributed by atoms with Gasteiger partial charge in [-0.1, -0.05) is 20.8 Å². The molecule has 1 heterocycles. The summed E-state index contributed by atoms with van der Waals surface area (Å²) in [6.45, 7) is 8.00. The molecule has 1 amide bonds. The molecule has 1 aromatic heterocycles. The lowest BCUT2D eigenvalue weighted by molar-refractivity contribution is -0.121. The molecule has 0 bridgehead atoms. The lowest BCUT2D eigenvalue weighted by atomic mass is 9.76. The summed E-state index contributed by atoms with van der Waals surface area (Å²) in [5.74, 6) is 0.622. The highest BCUT2D eigenvalue weighted by molar-refractivity contribution is 5.75. The third-order valence-corrected chi connectivity index (χ3v) is 3.95. The van der Waals surface area contributed by atoms with Crippen molar-refractivity contribution < 1.29 is 4.79 Å². The number of aryl methyl sites for hydroxylation is 1. The van der Waals surface area contributed by atoms with E-state index in [-0.39, 0.29) is 11.3 Å². The minimum atomic E-state index is 0.130. The molecule has 0 aliphatic carbocycles. The molecule has 0 aliphatic rings. The fourth-order valence-electron chi connectivity index (χ4n) is 2.55. The molecule has 5 heteroatoms. The summed E-state index contributed by atoms with van der Waals surface area (Å²) in [5, 5.41) is 7.10. The largest absolute Gasteiger partial charge is 0.356 e. The lowest BCUT2D eigenvalue weighted by Gasteiger charge is -2.30. The van der Waals surface area contributed by atoms with Crippen molar-refractivity contribution in [1.82, 2.24) is 15.1 Å². The number of aromatic nitrogens is 2. The Bertz CT molecular complexity index is 434. The Morgan fingerprint density at radius 3 is 2.67 bits per heavy atom. The van der Waals surface area contributed by atoms with Crippen molar-refractivity contribution in [3.63, 3.8) is 0 Å². The second-order valence-electron chi connectivity index (χ2n) is 6.80. The van der Waals surface area contributed by atoms with E-state index in [0.717, 1.165) is 24.8 Å². The molecule has 5 nitrogen and oxygen atoms in total. The van der Waals surface area contributed by atoms with Gasteiger partial charge in [-0.25, -0.2) is 0 Å². The van der Waals surface area contributed by atoms with Gasteiger partial charge in [-0.3, -0.25) is 9.48 Å². The quantitative estimate of drug-likeness (QED) is 0.769. The number of carbonyl (C=O) groups excluding carboxylic acids is 1. The molecular formula is C16H30N4O. The maximum atomic E-state index is 11.9. The second-order valence-corrected chi connectivity index (χ2v) is 6.80. The van der Waals surface area contributed by atoms with E-state index in [4.69, 9.17) is 5.73 Å². The van der Waals surface area contributed by atoms with E-state index < -0.39 is 0 Å². The van der Waals surface area contributed by atoms with E-state index in [2.05, 4.69) is 31.2 Å². The minimum Gasteiger partial charge on any atom is -0.356 e. The van der Waals surface area contributed by atoms with E-state index in [1.165, 1.54) is 0 Å². The third-order valence-electron chi connectivity index (χ3n) is 3.95. The summed E-state index contributed by atoms with van der Waals surface area (Å²) in [4.78, 5) is 11.9. The zero-order valence-corrected chi connectivity index (χ0v) is 13.9. The van der Waals surface area contributed by atoms with Gasteiger partial charge in [-0.05, 0) is 42.7 Å². The van der Waals surface area contributed by atoms with Crippen LogP contribution in [0.5, 0.6) is 0 Å². The van der Waals surface area contributed by atoms with E-state index in [1.54, 1.807) is 4.68 Å². The summed E-state index contributed by atoms with van der Waals surface area (Å²) < 4.78 is 1.78. The fourth-order valence-corrected chi connectivity index (χ4v) is 2.55. The fraction of sp³-hybridized carbons (Fsp3) is 0.750. The Morgan fingerprint density at radius 1 is 1.43 bits per heavy atom. The number of carbonyl (C=O) groups is 1. The minimum absolute atomic E-state index is 0.130. The van der Waals surface area contributed by atoms with Crippen molar-refractivity contribution in [3.05, 3.63) is 18.0 Å². The van der Waals surface area contributed by atoms with Crippen LogP contribution in [-0.2, 0) is 18.3 Å². The van der Waals surface area contributed by atoms with Crippen molar-refractivity contribution in [1.29, 1.82) is 0 Å². The first kappa shape index (κ1) is 17.7. The van der Waals surface area contributed by atoms with Crippen LogP contribution in [0.2, 0.25) is 0 Å². The average molecular weight is 294 g/mol. The van der Waals surface area contributed by atoms with Crippen molar-refractivity contribution in [2.24, 2.45) is 24.1 Å². The maximum absolute atomic E-state index is 11.9. The van der Waals surface area contributed by atoms with E-state index in [9.17, 15) is 4.79 Å². The van der Waals surface area contributed by atoms with Crippen LogP contribution in [-0.4, -0.2) is 28.8 Å². The van der Waals surface area contributed by atoms with Crippen LogP contribution in [0.4, 0.5) is 0 Å². The summed E-state index contributed by atoms with van der Waals surface area (Å²) >= 11 is 0. The van der Waals surface area contributed by atoms with E-state index in [1.807, 2.05) is 19.4 Å². The van der Waals surface area contributed by atoms with Crippen molar-refractivity contribution in [3.8, 4) is 0 Å². The predicted molar refractivity (Wildman–Crippen MR) is 85.8 cm³/mol. The second kappa shape index (κ2) is 8.17. The van der Waals surface area contributed by atoms with Crippen LogP contribution in [0.25, 0.3) is 0 Å². The molecule has 120 valence electrons. The number of rotatable bonds is 8. The third kappa shape index (κ3) is 6.76. The highest BCUT2D eigenvalue weighted by Crippen LogP contribution is 2.31. The zero-order valence-electron chi connectivity index (χ0n) is 13.9. The van der Waals surface area contributed by atoms with Crippen LogP contribution < -0.4 is 11.1 Å². The van der Waals surface area contributed by atoms with Gasteiger partial charge in [0.15, 0.2) is 0 Å². The standard InChI is InChI=1S/C16H30N4O/c1-16(2,3)14(7-9-17)5-6-15(21)18-10-8-13-11-19-20(4)12-13/h11-12,14H,5-10,17H2,1-4H3,(H,18,21). The molecule has 1 aromatic rings. The van der Waals surface area contributed by atoms with Crippen LogP contribution in [0.15, 0.2) is 12.4 Å². The topological polar surface area (TPSA) is 72.9 Å². The first-order valence-corrected chi connectivity index (χ1v) is 7.77. The molecule has 0 saturated heterocycles. The Balaban J connectivity index is 2.26. The van der Waals surface area contributed by atoms with Gasteiger partial charge in [0.2, 0.25) is 5.91 Å². The Kier molecular flexibility index (Phi) is 6.89. The highest BCUT2D eigenvalue weighted by Gasteiger charge is 2.24. The van der Waals surface area contributed by atoms with Crippen molar-refractivity contribution >= 4 is 5.91 Å². The number of hydrogen-bond donors (Lipinski definition) is 2. The first-order chi connectivity index (χ1) is 9.82. The van der Waals surface area contributed by atoms with Gasteiger partial charge in [-0.15, -0.1) is 0 Å². The van der Waals surface area contributed by atoms with Crippen molar-refractivity contribution in [2.75, 3.05) is 13.1 Å². The molecule has 1 atom stereocenters. The monoisotopic (exact) mass is 294 g/mol. The number of nitrogens with one attached hydrogen (secondary N) is 1. The Morgan fingerprint density at radius 2 is 2.14 bits per heavy atom. The van der Waals surface area contributed by atoms with Crippen LogP contribution >= 0.6 is 0 Å². The number of hydrogen-bond acceptors (Lipinski definition) is 3. The maximum Gasteiger partial charge on any atom is 0.220 e. The molecule has 1 unspecified atom stereocenters. The van der Waals surface area contributed by atoms with E-state index >= 15 is 0 Å². The normalized spacial score (nSPS) is 13.2. The van der Waals surface area contributed by atoms with Gasteiger partial charge in [-0.2, -0.15) is 5.10 Å². The number of nitrogens with zero attached hydrogens (tertiary/aromatic N) is 2. The Labute approximate surface area is 128 Å². The van der Waals surface area contributed by atoms with E-state index in [0.29, 0.717) is 25.4 Å². The molecule has 0 aliphatic heterocycles. The number of nitrogens with two attached hydrogens (primary N) is 1. The summed E-state index contributed by atoms with van der Waals surface area (Å²) in [5.41, 5.74) is 7.02. The van der Waals surface area contributed by atoms with Gasteiger partial charge in [0.25, 0.3) is 0 Å². The molecule has 0 spiro atoms. The Hall–Kier alpha value is -1.36. The number of amides is 1. The SMILES string of the molecule is Cn1cc(CCNC(=O)CCC(CCN)C(C)(C)C)cn1. The molecule has 3 N–H and O–H groups in total. The lowest BCUT2D eigenvalue weighted by Crippen LogP contribution is -2.29. The average Bonchev–Trinajstić information content (AvgIpc) is 2.79. The molecule has 1 rings (SSSR count). The van der Waals surface area contributed by atoms with Crippen LogP contribution in [0.1, 0.15) is 45.6 Å². The van der Waals surface area contributed by atoms with Crippen molar-refractivity contribution in [2.45, 2.75) is 46.5 Å². The summed E-state index contributed by atoms with van der Waals surface area (Å²) in [6.07, 6.45) is 7.10. The predicted octanol–water partition coefficient (Wildman–Crippen LogP) is 1.87. The van der Waals surface area contributed by atoms with Gasteiger partial charge in [0.05, 0.1) is 6.20 Å². The summed E-state index contributed by atoms with van der Waals surface area (Å²) in [7, 11) is 1.90. The van der Waals surface area contributed by atoms with Gasteiger partial charge in [0, 0.05) is 26.2 Å². The van der Waals surface area contributed by atoms with Gasteiger partial charge in [0.1, 0.15) is 0 Å². The molecule has 0 aromatic carbocycles. The smallest absolute Gasteiger partial charge is 0.220 e. The van der Waals surface area contributed by atoms with Crippen LogP contribution in [0.3, 0.4) is 0 Å². The molecule has 0 radical (unpaired) electrons. The summed E-state index contributed by atoms with van der Waals surface area (Å²) in [6, 6.07) is 0. The first-order valence-electron chi connectivity index (χ1n) is 7.77. The molecule has 0 fully saturated rings. The highest BCUT2D eigenvalue weighted by atomic mass is 16.1. The van der Waals surface area contributed by atoms with Crippen LogP contribution in [0, 0.1) is 11.3 Å². The molecule has 21 heavy (non-hydrogen) atoms. The van der Waals surface area contributed by atoms with Gasteiger partial charge >= 0.3 is 0 Å². The van der Waals surface area contributed by atoms with Gasteiger partial charge < -0.3 is 11.1 Å². The molecule has 0 saturated carbocycles. The zero-order chi connectivity index (χ0) is 15.9.